The Morgan fingerprint density at radius 3 is 2.53 bits per heavy atom. The smallest absolute Gasteiger partial charge is 0.413 e. The van der Waals surface area contributed by atoms with Crippen molar-refractivity contribution in [2.45, 2.75) is 30.7 Å². The SMILES string of the molecule is CN(CCCCC(=O)CNCc1ccc(C2=NCCN2C(=O)O)cc1)S(=O)(=O)c1cccc2ccccc12. The molecule has 3 aromatic carbocycles. The summed E-state index contributed by atoms with van der Waals surface area (Å²) in [6, 6.07) is 20.1. The van der Waals surface area contributed by atoms with E-state index in [0.29, 0.717) is 61.6 Å². The second-order valence-corrected chi connectivity index (χ2v) is 11.3. The molecule has 10 heteroatoms. The molecule has 1 amide bonds. The Morgan fingerprint density at radius 1 is 1.03 bits per heavy atom. The fourth-order valence-corrected chi connectivity index (χ4v) is 5.87. The highest BCUT2D eigenvalue weighted by Gasteiger charge is 2.24. The molecule has 0 saturated heterocycles. The Bertz CT molecular complexity index is 1430. The van der Waals surface area contributed by atoms with Crippen molar-refractivity contribution in [2.24, 2.45) is 4.99 Å². The van der Waals surface area contributed by atoms with Gasteiger partial charge in [0.2, 0.25) is 10.0 Å². The third kappa shape index (κ3) is 6.45. The number of hydrogen-bond acceptors (Lipinski definition) is 6. The van der Waals surface area contributed by atoms with Crippen LogP contribution in [0.5, 0.6) is 0 Å². The van der Waals surface area contributed by atoms with E-state index in [1.54, 1.807) is 19.2 Å². The third-order valence-corrected chi connectivity index (χ3v) is 8.47. The fraction of sp³-hybridized carbons (Fsp3) is 0.321. The molecule has 0 bridgehead atoms. The Labute approximate surface area is 222 Å². The van der Waals surface area contributed by atoms with Gasteiger partial charge in [-0.3, -0.25) is 14.7 Å². The van der Waals surface area contributed by atoms with E-state index in [4.69, 9.17) is 0 Å². The first-order valence-electron chi connectivity index (χ1n) is 12.6. The average Bonchev–Trinajstić information content (AvgIpc) is 3.41. The molecule has 1 aliphatic rings. The van der Waals surface area contributed by atoms with E-state index in [1.807, 2.05) is 54.6 Å². The van der Waals surface area contributed by atoms with Gasteiger partial charge in [-0.15, -0.1) is 0 Å². The molecule has 0 radical (unpaired) electrons. The van der Waals surface area contributed by atoms with Gasteiger partial charge in [0.05, 0.1) is 24.5 Å². The van der Waals surface area contributed by atoms with Crippen LogP contribution in [-0.4, -0.2) is 73.7 Å². The average molecular weight is 537 g/mol. The molecule has 1 aliphatic heterocycles. The van der Waals surface area contributed by atoms with Crippen LogP contribution in [0.15, 0.2) is 76.6 Å². The summed E-state index contributed by atoms with van der Waals surface area (Å²) in [5.41, 5.74) is 1.72. The lowest BCUT2D eigenvalue weighted by atomic mass is 10.1. The number of rotatable bonds is 12. The molecule has 1 heterocycles. The Balaban J connectivity index is 1.18. The fourth-order valence-electron chi connectivity index (χ4n) is 4.45. The number of Topliss-reactive ketones (excluding diaryl/α,β-unsaturated/α-hetero) is 1. The predicted molar refractivity (Wildman–Crippen MR) is 147 cm³/mol. The van der Waals surface area contributed by atoms with E-state index < -0.39 is 16.1 Å². The molecule has 3 aromatic rings. The minimum atomic E-state index is -3.63. The third-order valence-electron chi connectivity index (χ3n) is 6.55. The summed E-state index contributed by atoms with van der Waals surface area (Å²) in [6.45, 7) is 1.90. The number of nitrogens with one attached hydrogen (secondary N) is 1. The quantitative estimate of drug-likeness (QED) is 0.341. The van der Waals surface area contributed by atoms with Gasteiger partial charge in [0.15, 0.2) is 0 Å². The van der Waals surface area contributed by atoms with Gasteiger partial charge in [-0.25, -0.2) is 17.5 Å². The van der Waals surface area contributed by atoms with Gasteiger partial charge >= 0.3 is 6.09 Å². The summed E-state index contributed by atoms with van der Waals surface area (Å²) in [6.07, 6.45) is 0.556. The number of hydrogen-bond donors (Lipinski definition) is 2. The topological polar surface area (TPSA) is 119 Å². The van der Waals surface area contributed by atoms with E-state index in [-0.39, 0.29) is 12.3 Å². The van der Waals surface area contributed by atoms with Crippen LogP contribution in [0, 0.1) is 0 Å². The van der Waals surface area contributed by atoms with Crippen molar-refractivity contribution >= 4 is 38.5 Å². The maximum Gasteiger partial charge on any atom is 0.413 e. The van der Waals surface area contributed by atoms with Crippen molar-refractivity contribution in [1.29, 1.82) is 0 Å². The summed E-state index contributed by atoms with van der Waals surface area (Å²) in [7, 11) is -2.06. The number of unbranched alkanes of at least 4 members (excludes halogenated alkanes) is 1. The number of aliphatic imine (C=N–C) groups is 1. The molecule has 2 N–H and O–H groups in total. The molecule has 0 aromatic heterocycles. The van der Waals surface area contributed by atoms with E-state index in [2.05, 4.69) is 10.3 Å². The molecule has 0 fully saturated rings. The van der Waals surface area contributed by atoms with E-state index in [9.17, 15) is 23.1 Å². The van der Waals surface area contributed by atoms with E-state index in [1.165, 1.54) is 9.21 Å². The van der Waals surface area contributed by atoms with Gasteiger partial charge in [-0.2, -0.15) is 0 Å². The molecular formula is C28H32N4O5S. The van der Waals surface area contributed by atoms with Crippen molar-refractivity contribution < 1.29 is 23.1 Å². The van der Waals surface area contributed by atoms with Gasteiger partial charge in [-0.05, 0) is 29.9 Å². The standard InChI is InChI=1S/C28H32N4O5S/c1-31(38(36,37)26-11-6-8-22-7-2-3-10-25(22)26)17-5-4-9-24(33)20-29-19-21-12-14-23(15-13-21)27-30-16-18-32(27)28(34)35/h2-3,6-8,10-15,29H,4-5,9,16-20H2,1H3,(H,34,35). The van der Waals surface area contributed by atoms with Crippen molar-refractivity contribution in [3.63, 3.8) is 0 Å². The molecule has 0 saturated carbocycles. The molecule has 38 heavy (non-hydrogen) atoms. The van der Waals surface area contributed by atoms with Crippen molar-refractivity contribution in [3.05, 3.63) is 77.9 Å². The lowest BCUT2D eigenvalue weighted by Crippen LogP contribution is -2.33. The van der Waals surface area contributed by atoms with E-state index >= 15 is 0 Å². The zero-order valence-electron chi connectivity index (χ0n) is 21.3. The minimum absolute atomic E-state index is 0.0681. The molecule has 9 nitrogen and oxygen atoms in total. The first-order chi connectivity index (χ1) is 18.3. The number of ketones is 1. The molecule has 4 rings (SSSR count). The van der Waals surface area contributed by atoms with Crippen LogP contribution in [0.4, 0.5) is 4.79 Å². The lowest BCUT2D eigenvalue weighted by molar-refractivity contribution is -0.118. The van der Waals surface area contributed by atoms with Gasteiger partial charge in [0, 0.05) is 37.5 Å². The normalized spacial score (nSPS) is 13.7. The molecular weight excluding hydrogens is 504 g/mol. The predicted octanol–water partition coefficient (Wildman–Crippen LogP) is 3.73. The Hall–Kier alpha value is -3.60. The number of sulfonamides is 1. The number of nitrogens with zero attached hydrogens (tertiary/aromatic N) is 3. The largest absolute Gasteiger partial charge is 0.465 e. The van der Waals surface area contributed by atoms with Crippen molar-refractivity contribution in [2.75, 3.05) is 33.2 Å². The number of carboxylic acid groups (broad SMARTS) is 1. The molecule has 0 aliphatic carbocycles. The second kappa shape index (κ2) is 12.3. The molecule has 0 spiro atoms. The maximum absolute atomic E-state index is 13.1. The number of amides is 1. The highest BCUT2D eigenvalue weighted by atomic mass is 32.2. The number of carbonyl (C=O) groups is 2. The lowest BCUT2D eigenvalue weighted by Gasteiger charge is -2.18. The highest BCUT2D eigenvalue weighted by Crippen LogP contribution is 2.25. The first kappa shape index (κ1) is 27.4. The van der Waals surface area contributed by atoms with Crippen LogP contribution in [-0.2, 0) is 21.4 Å². The number of benzene rings is 3. The van der Waals surface area contributed by atoms with Crippen LogP contribution in [0.3, 0.4) is 0 Å². The summed E-state index contributed by atoms with van der Waals surface area (Å²) in [4.78, 5) is 29.4. The number of fused-ring (bicyclic) bond motifs is 1. The maximum atomic E-state index is 13.1. The van der Waals surface area contributed by atoms with Gasteiger partial charge in [-0.1, -0.05) is 60.7 Å². The summed E-state index contributed by atoms with van der Waals surface area (Å²) in [5, 5.41) is 14.0. The van der Waals surface area contributed by atoms with Crippen LogP contribution in [0.25, 0.3) is 10.8 Å². The minimum Gasteiger partial charge on any atom is -0.465 e. The van der Waals surface area contributed by atoms with Gasteiger partial charge in [0.25, 0.3) is 0 Å². The van der Waals surface area contributed by atoms with Crippen LogP contribution in [0.1, 0.15) is 30.4 Å². The van der Waals surface area contributed by atoms with Crippen LogP contribution >= 0.6 is 0 Å². The Morgan fingerprint density at radius 2 is 1.76 bits per heavy atom. The van der Waals surface area contributed by atoms with E-state index in [0.717, 1.165) is 16.5 Å². The molecule has 0 unspecified atom stereocenters. The number of amidine groups is 1. The van der Waals surface area contributed by atoms with Gasteiger partial charge in [0.1, 0.15) is 11.6 Å². The highest BCUT2D eigenvalue weighted by molar-refractivity contribution is 7.89. The summed E-state index contributed by atoms with van der Waals surface area (Å²) < 4.78 is 27.6. The molecule has 0 atom stereocenters. The van der Waals surface area contributed by atoms with Crippen molar-refractivity contribution in [1.82, 2.24) is 14.5 Å². The first-order valence-corrected chi connectivity index (χ1v) is 14.0. The second-order valence-electron chi connectivity index (χ2n) is 9.24. The van der Waals surface area contributed by atoms with Gasteiger partial charge < -0.3 is 10.4 Å². The van der Waals surface area contributed by atoms with Crippen LogP contribution < -0.4 is 5.32 Å². The molecule has 200 valence electrons. The van der Waals surface area contributed by atoms with Crippen LogP contribution in [0.2, 0.25) is 0 Å². The zero-order chi connectivity index (χ0) is 27.1. The Kier molecular flexibility index (Phi) is 8.88. The number of carbonyl (C=O) groups excluding carboxylic acids is 1. The zero-order valence-corrected chi connectivity index (χ0v) is 22.2. The van der Waals surface area contributed by atoms with Crippen molar-refractivity contribution in [3.8, 4) is 0 Å². The summed E-state index contributed by atoms with van der Waals surface area (Å²) >= 11 is 0. The monoisotopic (exact) mass is 536 g/mol. The summed E-state index contributed by atoms with van der Waals surface area (Å²) in [5.74, 6) is 0.529.